The van der Waals surface area contributed by atoms with Gasteiger partial charge in [0.25, 0.3) is 5.69 Å². The molecular weight excluding hydrogens is 252 g/mol. The second kappa shape index (κ2) is 6.84. The van der Waals surface area contributed by atoms with E-state index in [1.165, 1.54) is 12.8 Å². The van der Waals surface area contributed by atoms with Crippen LogP contribution in [0.1, 0.15) is 51.1 Å². The van der Waals surface area contributed by atoms with Crippen molar-refractivity contribution in [1.29, 1.82) is 0 Å². The molecule has 2 atom stereocenters. The van der Waals surface area contributed by atoms with Gasteiger partial charge < -0.3 is 5.32 Å². The normalized spacial score (nSPS) is 17.7. The smallest absolute Gasteiger partial charge is 0.269 e. The van der Waals surface area contributed by atoms with E-state index >= 15 is 0 Å². The van der Waals surface area contributed by atoms with Crippen LogP contribution in [0.25, 0.3) is 0 Å². The maximum atomic E-state index is 10.9. The van der Waals surface area contributed by atoms with E-state index in [0.717, 1.165) is 30.9 Å². The molecule has 0 spiro atoms. The van der Waals surface area contributed by atoms with Gasteiger partial charge in [0.05, 0.1) is 4.92 Å². The number of rotatable bonds is 8. The third-order valence-corrected chi connectivity index (χ3v) is 4.17. The number of nitrogens with zero attached hydrogens (tertiary/aromatic N) is 1. The first-order chi connectivity index (χ1) is 9.61. The molecule has 110 valence electrons. The molecule has 1 aliphatic rings. The van der Waals surface area contributed by atoms with Gasteiger partial charge in [-0.15, -0.1) is 0 Å². The molecule has 2 rings (SSSR count). The molecule has 0 amide bonds. The first kappa shape index (κ1) is 15.0. The molecule has 1 fully saturated rings. The molecule has 0 aliphatic heterocycles. The maximum absolute atomic E-state index is 10.9. The molecule has 2 unspecified atom stereocenters. The van der Waals surface area contributed by atoms with Crippen molar-refractivity contribution >= 4 is 5.69 Å². The second-order valence-corrected chi connectivity index (χ2v) is 5.92. The van der Waals surface area contributed by atoms with Crippen LogP contribution in [0.15, 0.2) is 24.3 Å². The van der Waals surface area contributed by atoms with Crippen LogP contribution < -0.4 is 5.32 Å². The lowest BCUT2D eigenvalue weighted by Crippen LogP contribution is -2.27. The minimum atomic E-state index is -0.320. The first-order valence-corrected chi connectivity index (χ1v) is 7.59. The number of nitro benzene ring substituents is 1. The average Bonchev–Trinajstić information content (AvgIpc) is 3.27. The monoisotopic (exact) mass is 276 g/mol. The van der Waals surface area contributed by atoms with Crippen molar-refractivity contribution in [2.75, 3.05) is 6.54 Å². The molecule has 4 heteroatoms. The lowest BCUT2D eigenvalue weighted by atomic mass is 10.00. The minimum Gasteiger partial charge on any atom is -0.310 e. The fourth-order valence-corrected chi connectivity index (χ4v) is 2.69. The molecule has 20 heavy (non-hydrogen) atoms. The van der Waals surface area contributed by atoms with Crippen LogP contribution >= 0.6 is 0 Å². The zero-order valence-corrected chi connectivity index (χ0v) is 12.3. The van der Waals surface area contributed by atoms with Crippen molar-refractivity contribution < 1.29 is 4.92 Å². The molecule has 0 aromatic heterocycles. The van der Waals surface area contributed by atoms with Gasteiger partial charge in [0.2, 0.25) is 0 Å². The Labute approximate surface area is 120 Å². The van der Waals surface area contributed by atoms with Crippen LogP contribution in [0.5, 0.6) is 0 Å². The van der Waals surface area contributed by atoms with E-state index < -0.39 is 0 Å². The highest BCUT2D eigenvalue weighted by atomic mass is 16.6. The Morgan fingerprint density at radius 2 is 2.20 bits per heavy atom. The first-order valence-electron chi connectivity index (χ1n) is 7.59. The number of non-ortho nitro benzene ring substituents is 1. The van der Waals surface area contributed by atoms with E-state index in [2.05, 4.69) is 19.2 Å². The third-order valence-electron chi connectivity index (χ3n) is 4.17. The highest BCUT2D eigenvalue weighted by molar-refractivity contribution is 5.35. The Kier molecular flexibility index (Phi) is 5.12. The molecule has 4 nitrogen and oxygen atoms in total. The lowest BCUT2D eigenvalue weighted by Gasteiger charge is -2.21. The van der Waals surface area contributed by atoms with Crippen molar-refractivity contribution in [1.82, 2.24) is 5.32 Å². The van der Waals surface area contributed by atoms with Crippen LogP contribution in [0, 0.1) is 22.0 Å². The zero-order valence-electron chi connectivity index (χ0n) is 12.3. The van der Waals surface area contributed by atoms with E-state index in [4.69, 9.17) is 0 Å². The third kappa shape index (κ3) is 4.04. The highest BCUT2D eigenvalue weighted by Crippen LogP contribution is 2.36. The molecule has 1 aliphatic carbocycles. The van der Waals surface area contributed by atoms with Gasteiger partial charge in [-0.2, -0.15) is 0 Å². The topological polar surface area (TPSA) is 55.2 Å². The summed E-state index contributed by atoms with van der Waals surface area (Å²) in [5.41, 5.74) is 1.21. The molecule has 1 aromatic carbocycles. The predicted octanol–water partition coefficient (Wildman–Crippen LogP) is 4.07. The summed E-state index contributed by atoms with van der Waals surface area (Å²) in [5.74, 6) is 1.59. The molecule has 0 radical (unpaired) electrons. The van der Waals surface area contributed by atoms with Gasteiger partial charge >= 0.3 is 0 Å². The lowest BCUT2D eigenvalue weighted by molar-refractivity contribution is -0.384. The zero-order chi connectivity index (χ0) is 14.5. The van der Waals surface area contributed by atoms with Gasteiger partial charge in [0.15, 0.2) is 0 Å². The molecule has 0 saturated heterocycles. The van der Waals surface area contributed by atoms with Gasteiger partial charge in [-0.1, -0.05) is 32.4 Å². The Morgan fingerprint density at radius 1 is 1.45 bits per heavy atom. The van der Waals surface area contributed by atoms with Gasteiger partial charge in [0.1, 0.15) is 0 Å². The number of nitrogens with one attached hydrogen (secondary N) is 1. The van der Waals surface area contributed by atoms with E-state index in [1.807, 2.05) is 6.07 Å². The van der Waals surface area contributed by atoms with Crippen molar-refractivity contribution in [3.8, 4) is 0 Å². The predicted molar refractivity (Wildman–Crippen MR) is 80.6 cm³/mol. The molecule has 1 N–H and O–H groups in total. The van der Waals surface area contributed by atoms with Crippen LogP contribution in [-0.2, 0) is 0 Å². The SMILES string of the molecule is CCCC(NCC(C)C1CC1)c1cccc([N+](=O)[O-])c1. The number of hydrogen-bond donors (Lipinski definition) is 1. The van der Waals surface area contributed by atoms with Crippen LogP contribution in [0.3, 0.4) is 0 Å². The van der Waals surface area contributed by atoms with Crippen molar-refractivity contribution in [3.63, 3.8) is 0 Å². The largest absolute Gasteiger partial charge is 0.310 e. The Morgan fingerprint density at radius 3 is 2.80 bits per heavy atom. The number of hydrogen-bond acceptors (Lipinski definition) is 3. The van der Waals surface area contributed by atoms with Crippen LogP contribution in [-0.4, -0.2) is 11.5 Å². The van der Waals surface area contributed by atoms with Crippen molar-refractivity contribution in [2.24, 2.45) is 11.8 Å². The summed E-state index contributed by atoms with van der Waals surface area (Å²) < 4.78 is 0. The standard InChI is InChI=1S/C16H24N2O2/c1-3-5-16(17-11-12(2)13-8-9-13)14-6-4-7-15(10-14)18(19)20/h4,6-7,10,12-13,16-17H,3,5,8-9,11H2,1-2H3. The highest BCUT2D eigenvalue weighted by Gasteiger charge is 2.28. The Bertz CT molecular complexity index is 458. The summed E-state index contributed by atoms with van der Waals surface area (Å²) in [4.78, 5) is 10.6. The van der Waals surface area contributed by atoms with Gasteiger partial charge in [-0.3, -0.25) is 10.1 Å². The summed E-state index contributed by atoms with van der Waals surface area (Å²) >= 11 is 0. The molecule has 1 saturated carbocycles. The summed E-state index contributed by atoms with van der Waals surface area (Å²) in [6.45, 7) is 5.44. The van der Waals surface area contributed by atoms with E-state index in [1.54, 1.807) is 18.2 Å². The summed E-state index contributed by atoms with van der Waals surface area (Å²) in [5, 5.41) is 14.5. The van der Waals surface area contributed by atoms with Crippen LogP contribution in [0.4, 0.5) is 5.69 Å². The van der Waals surface area contributed by atoms with Crippen molar-refractivity contribution in [3.05, 3.63) is 39.9 Å². The van der Waals surface area contributed by atoms with Crippen molar-refractivity contribution in [2.45, 2.75) is 45.6 Å². The molecule has 0 bridgehead atoms. The number of benzene rings is 1. The average molecular weight is 276 g/mol. The van der Waals surface area contributed by atoms with E-state index in [0.29, 0.717) is 5.92 Å². The second-order valence-electron chi connectivity index (χ2n) is 5.92. The maximum Gasteiger partial charge on any atom is 0.269 e. The Hall–Kier alpha value is -1.42. The molecule has 1 aromatic rings. The minimum absolute atomic E-state index is 0.181. The summed E-state index contributed by atoms with van der Waals surface area (Å²) in [6, 6.07) is 7.25. The van der Waals surface area contributed by atoms with E-state index in [-0.39, 0.29) is 16.7 Å². The summed E-state index contributed by atoms with van der Waals surface area (Å²) in [6.07, 6.45) is 4.80. The molecular formula is C16H24N2O2. The number of nitro groups is 1. The molecule has 0 heterocycles. The quantitative estimate of drug-likeness (QED) is 0.575. The van der Waals surface area contributed by atoms with Gasteiger partial charge in [-0.05, 0) is 43.2 Å². The van der Waals surface area contributed by atoms with Crippen LogP contribution in [0.2, 0.25) is 0 Å². The van der Waals surface area contributed by atoms with E-state index in [9.17, 15) is 10.1 Å². The van der Waals surface area contributed by atoms with Gasteiger partial charge in [-0.25, -0.2) is 0 Å². The van der Waals surface area contributed by atoms with Gasteiger partial charge in [0, 0.05) is 18.2 Å². The Balaban J connectivity index is 2.02. The summed E-state index contributed by atoms with van der Waals surface area (Å²) in [7, 11) is 0. The fourth-order valence-electron chi connectivity index (χ4n) is 2.69. The fraction of sp³-hybridized carbons (Fsp3) is 0.625.